The summed E-state index contributed by atoms with van der Waals surface area (Å²) in [5.74, 6) is 0.794. The number of amides is 1. The highest BCUT2D eigenvalue weighted by Gasteiger charge is 2.21. The van der Waals surface area contributed by atoms with E-state index in [0.29, 0.717) is 30.2 Å². The van der Waals surface area contributed by atoms with E-state index in [1.807, 2.05) is 41.8 Å². The van der Waals surface area contributed by atoms with E-state index in [0.717, 1.165) is 17.4 Å². The van der Waals surface area contributed by atoms with Gasteiger partial charge in [0.15, 0.2) is 17.1 Å². The molecule has 0 fully saturated rings. The average Bonchev–Trinajstić information content (AvgIpc) is 3.40. The molecule has 142 valence electrons. The highest BCUT2D eigenvalue weighted by molar-refractivity contribution is 7.09. The van der Waals surface area contributed by atoms with Gasteiger partial charge >= 0.3 is 0 Å². The number of carbonyl (C=O) groups is 1. The summed E-state index contributed by atoms with van der Waals surface area (Å²) in [5, 5.41) is 2.90. The summed E-state index contributed by atoms with van der Waals surface area (Å²) in [7, 11) is 1.59. The minimum absolute atomic E-state index is 0.140. The van der Waals surface area contributed by atoms with E-state index in [9.17, 15) is 4.79 Å². The highest BCUT2D eigenvalue weighted by atomic mass is 32.1. The van der Waals surface area contributed by atoms with Crippen molar-refractivity contribution in [1.82, 2.24) is 9.88 Å². The third-order valence-electron chi connectivity index (χ3n) is 4.53. The van der Waals surface area contributed by atoms with Crippen LogP contribution in [0.25, 0.3) is 11.0 Å². The van der Waals surface area contributed by atoms with Crippen LogP contribution in [0.15, 0.2) is 70.7 Å². The molecule has 0 N–H and O–H groups in total. The number of hydrogen-bond acceptors (Lipinski definition) is 5. The second-order valence-electron chi connectivity index (χ2n) is 6.41. The van der Waals surface area contributed by atoms with E-state index in [2.05, 4.69) is 11.1 Å². The van der Waals surface area contributed by atoms with Gasteiger partial charge in [0.1, 0.15) is 0 Å². The number of methoxy groups -OCH3 is 1. The first-order valence-corrected chi connectivity index (χ1v) is 9.89. The van der Waals surface area contributed by atoms with Crippen molar-refractivity contribution in [3.8, 4) is 5.75 Å². The van der Waals surface area contributed by atoms with Crippen LogP contribution in [0.3, 0.4) is 0 Å². The molecule has 0 saturated heterocycles. The summed E-state index contributed by atoms with van der Waals surface area (Å²) >= 11 is 1.70. The third kappa shape index (κ3) is 3.92. The third-order valence-corrected chi connectivity index (χ3v) is 5.47. The fourth-order valence-electron chi connectivity index (χ4n) is 3.12. The van der Waals surface area contributed by atoms with Crippen LogP contribution in [0.4, 0.5) is 0 Å². The fourth-order valence-corrected chi connectivity index (χ4v) is 3.82. The first kappa shape index (κ1) is 18.3. The molecule has 3 heterocycles. The van der Waals surface area contributed by atoms with Crippen molar-refractivity contribution < 1.29 is 13.9 Å². The van der Waals surface area contributed by atoms with Gasteiger partial charge in [-0.3, -0.25) is 9.78 Å². The fraction of sp³-hybridized carbons (Fsp3) is 0.182. The van der Waals surface area contributed by atoms with Crippen molar-refractivity contribution in [2.75, 3.05) is 13.7 Å². The topological polar surface area (TPSA) is 55.6 Å². The molecular formula is C22H20N2O3S. The van der Waals surface area contributed by atoms with Crippen molar-refractivity contribution in [1.29, 1.82) is 0 Å². The van der Waals surface area contributed by atoms with Crippen LogP contribution in [0.5, 0.6) is 5.75 Å². The molecule has 28 heavy (non-hydrogen) atoms. The van der Waals surface area contributed by atoms with Crippen molar-refractivity contribution in [2.24, 2.45) is 0 Å². The van der Waals surface area contributed by atoms with Crippen molar-refractivity contribution in [3.63, 3.8) is 0 Å². The predicted octanol–water partition coefficient (Wildman–Crippen LogP) is 4.78. The Labute approximate surface area is 167 Å². The molecule has 0 atom stereocenters. The molecule has 4 aromatic rings. The number of nitrogens with zero attached hydrogens (tertiary/aromatic N) is 2. The lowest BCUT2D eigenvalue weighted by Gasteiger charge is -2.21. The number of thiophene rings is 1. The molecule has 0 unspecified atom stereocenters. The van der Waals surface area contributed by atoms with E-state index in [1.165, 1.54) is 4.88 Å². The number of fused-ring (bicyclic) bond motifs is 1. The van der Waals surface area contributed by atoms with Gasteiger partial charge in [-0.15, -0.1) is 11.3 Å². The normalized spacial score (nSPS) is 10.9. The average molecular weight is 392 g/mol. The van der Waals surface area contributed by atoms with Crippen LogP contribution < -0.4 is 4.74 Å². The van der Waals surface area contributed by atoms with Gasteiger partial charge in [0.25, 0.3) is 5.91 Å². The largest absolute Gasteiger partial charge is 0.493 e. The molecule has 0 spiro atoms. The minimum Gasteiger partial charge on any atom is -0.493 e. The summed E-state index contributed by atoms with van der Waals surface area (Å²) in [4.78, 5) is 20.5. The highest BCUT2D eigenvalue weighted by Crippen LogP contribution is 2.29. The summed E-state index contributed by atoms with van der Waals surface area (Å²) < 4.78 is 11.2. The quantitative estimate of drug-likeness (QED) is 0.454. The zero-order valence-electron chi connectivity index (χ0n) is 15.5. The van der Waals surface area contributed by atoms with Crippen LogP contribution in [-0.2, 0) is 13.0 Å². The summed E-state index contributed by atoms with van der Waals surface area (Å²) in [6, 6.07) is 15.4. The summed E-state index contributed by atoms with van der Waals surface area (Å²) in [6.45, 7) is 1.08. The van der Waals surface area contributed by atoms with E-state index < -0.39 is 0 Å². The molecule has 0 bridgehead atoms. The molecule has 5 nitrogen and oxygen atoms in total. The molecule has 4 rings (SSSR count). The number of aromatic nitrogens is 1. The molecule has 6 heteroatoms. The SMILES string of the molecule is COc1cccc2cc(C(=O)N(CCc3cccs3)Cc3cccnc3)oc12. The van der Waals surface area contributed by atoms with E-state index in [1.54, 1.807) is 41.8 Å². The second kappa shape index (κ2) is 8.27. The minimum atomic E-state index is -0.140. The summed E-state index contributed by atoms with van der Waals surface area (Å²) in [5.41, 5.74) is 1.57. The Bertz CT molecular complexity index is 1060. The Morgan fingerprint density at radius 1 is 1.21 bits per heavy atom. The number of para-hydroxylation sites is 1. The molecule has 0 aliphatic carbocycles. The standard InChI is InChI=1S/C22H20N2O3S/c1-26-19-8-2-6-17-13-20(27-21(17)19)22(25)24(11-9-18-7-4-12-28-18)15-16-5-3-10-23-14-16/h2-8,10,12-14H,9,11,15H2,1H3. The van der Waals surface area contributed by atoms with Gasteiger partial charge in [-0.25, -0.2) is 0 Å². The number of carbonyl (C=O) groups excluding carboxylic acids is 1. The molecule has 0 aliphatic rings. The number of furan rings is 1. The second-order valence-corrected chi connectivity index (χ2v) is 7.44. The van der Waals surface area contributed by atoms with E-state index in [4.69, 9.17) is 9.15 Å². The van der Waals surface area contributed by atoms with Crippen molar-refractivity contribution in [2.45, 2.75) is 13.0 Å². The lowest BCUT2D eigenvalue weighted by atomic mass is 10.2. The smallest absolute Gasteiger partial charge is 0.289 e. The number of rotatable bonds is 7. The predicted molar refractivity (Wildman–Crippen MR) is 110 cm³/mol. The van der Waals surface area contributed by atoms with Crippen LogP contribution in [0, 0.1) is 0 Å². The molecule has 1 aromatic carbocycles. The van der Waals surface area contributed by atoms with Gasteiger partial charge in [-0.05, 0) is 41.6 Å². The zero-order valence-corrected chi connectivity index (χ0v) is 16.3. The van der Waals surface area contributed by atoms with Gasteiger partial charge < -0.3 is 14.1 Å². The Hall–Kier alpha value is -3.12. The van der Waals surface area contributed by atoms with E-state index in [-0.39, 0.29) is 5.91 Å². The Kier molecular flexibility index (Phi) is 5.39. The Morgan fingerprint density at radius 2 is 2.14 bits per heavy atom. The van der Waals surface area contributed by atoms with Crippen LogP contribution in [0.2, 0.25) is 0 Å². The number of pyridine rings is 1. The molecule has 0 saturated carbocycles. The van der Waals surface area contributed by atoms with Gasteiger partial charge in [-0.2, -0.15) is 0 Å². The van der Waals surface area contributed by atoms with Crippen molar-refractivity contribution in [3.05, 3.63) is 82.5 Å². The zero-order chi connectivity index (χ0) is 19.3. The first-order chi connectivity index (χ1) is 13.7. The molecule has 0 radical (unpaired) electrons. The van der Waals surface area contributed by atoms with Crippen LogP contribution >= 0.6 is 11.3 Å². The first-order valence-electron chi connectivity index (χ1n) is 9.01. The van der Waals surface area contributed by atoms with Gasteiger partial charge in [-0.1, -0.05) is 24.3 Å². The van der Waals surface area contributed by atoms with Gasteiger partial charge in [0.2, 0.25) is 0 Å². The molecule has 1 amide bonds. The van der Waals surface area contributed by atoms with Gasteiger partial charge in [0.05, 0.1) is 7.11 Å². The molecular weight excluding hydrogens is 372 g/mol. The van der Waals surface area contributed by atoms with Crippen LogP contribution in [0.1, 0.15) is 21.0 Å². The number of ether oxygens (including phenoxy) is 1. The van der Waals surface area contributed by atoms with E-state index >= 15 is 0 Å². The number of hydrogen-bond donors (Lipinski definition) is 0. The molecule has 3 aromatic heterocycles. The lowest BCUT2D eigenvalue weighted by Crippen LogP contribution is -2.32. The molecule has 0 aliphatic heterocycles. The Morgan fingerprint density at radius 3 is 2.89 bits per heavy atom. The van der Waals surface area contributed by atoms with Gasteiger partial charge in [0, 0.05) is 35.7 Å². The maximum atomic E-state index is 13.3. The monoisotopic (exact) mass is 392 g/mol. The maximum Gasteiger partial charge on any atom is 0.289 e. The van der Waals surface area contributed by atoms with Crippen LogP contribution in [-0.4, -0.2) is 29.4 Å². The Balaban J connectivity index is 1.61. The lowest BCUT2D eigenvalue weighted by molar-refractivity contribution is 0.0715. The number of benzene rings is 1. The van der Waals surface area contributed by atoms with Crippen molar-refractivity contribution >= 4 is 28.2 Å². The maximum absolute atomic E-state index is 13.3. The summed E-state index contributed by atoms with van der Waals surface area (Å²) in [6.07, 6.45) is 4.31.